The zero-order valence-electron chi connectivity index (χ0n) is 23.3. The summed E-state index contributed by atoms with van der Waals surface area (Å²) in [7, 11) is 2.52. The van der Waals surface area contributed by atoms with E-state index in [0.717, 1.165) is 11.6 Å². The topological polar surface area (TPSA) is 89.8 Å². The van der Waals surface area contributed by atoms with Gasteiger partial charge in [-0.15, -0.1) is 0 Å². The largest absolute Gasteiger partial charge is 0.494 e. The SMILES string of the molecule is COC(=O)NCC1(c2ccccc2)Oc2cc(F)c(Cl)c(-c3c(C#N)ccc(OC)c3F)c2C1COCc1ccccc1. The molecular weight excluding hydrogens is 578 g/mol. The molecule has 1 aliphatic heterocycles. The highest BCUT2D eigenvalue weighted by Gasteiger charge is 2.52. The van der Waals surface area contributed by atoms with E-state index in [1.807, 2.05) is 42.5 Å². The van der Waals surface area contributed by atoms with E-state index in [1.54, 1.807) is 24.3 Å². The zero-order valence-corrected chi connectivity index (χ0v) is 24.1. The first-order chi connectivity index (χ1) is 20.8. The van der Waals surface area contributed by atoms with Crippen molar-refractivity contribution in [1.82, 2.24) is 5.32 Å². The number of hydrogen-bond donors (Lipinski definition) is 1. The molecule has 1 aliphatic rings. The number of fused-ring (bicyclic) bond motifs is 1. The zero-order chi connectivity index (χ0) is 30.6. The molecule has 0 saturated heterocycles. The maximum absolute atomic E-state index is 16.0. The number of nitrogens with one attached hydrogen (secondary N) is 1. The Hall–Kier alpha value is -4.65. The summed E-state index contributed by atoms with van der Waals surface area (Å²) < 4.78 is 54.3. The summed E-state index contributed by atoms with van der Waals surface area (Å²) in [5.74, 6) is -2.64. The first-order valence-electron chi connectivity index (χ1n) is 13.3. The molecule has 2 unspecified atom stereocenters. The third kappa shape index (κ3) is 5.59. The van der Waals surface area contributed by atoms with Crippen LogP contribution in [0.2, 0.25) is 5.02 Å². The number of carbonyl (C=O) groups is 1. The van der Waals surface area contributed by atoms with E-state index in [2.05, 4.69) is 5.32 Å². The number of halogens is 3. The van der Waals surface area contributed by atoms with Crippen molar-refractivity contribution in [1.29, 1.82) is 5.26 Å². The predicted octanol–water partition coefficient (Wildman–Crippen LogP) is 7.11. The Morgan fingerprint density at radius 1 is 1.05 bits per heavy atom. The Balaban J connectivity index is 1.75. The van der Waals surface area contributed by atoms with Crippen molar-refractivity contribution in [2.75, 3.05) is 27.4 Å². The van der Waals surface area contributed by atoms with Gasteiger partial charge in [0.05, 0.1) is 56.6 Å². The third-order valence-electron chi connectivity index (χ3n) is 7.46. The lowest BCUT2D eigenvalue weighted by molar-refractivity contribution is 0.0136. The highest BCUT2D eigenvalue weighted by Crippen LogP contribution is 2.56. The average molecular weight is 605 g/mol. The van der Waals surface area contributed by atoms with Crippen LogP contribution in [-0.2, 0) is 21.7 Å². The van der Waals surface area contributed by atoms with Gasteiger partial charge in [-0.05, 0) is 23.3 Å². The summed E-state index contributed by atoms with van der Waals surface area (Å²) in [6.45, 7) is 0.0907. The predicted molar refractivity (Wildman–Crippen MR) is 156 cm³/mol. The summed E-state index contributed by atoms with van der Waals surface area (Å²) in [6.07, 6.45) is -0.714. The quantitative estimate of drug-likeness (QED) is 0.219. The third-order valence-corrected chi connectivity index (χ3v) is 7.83. The van der Waals surface area contributed by atoms with Crippen molar-refractivity contribution in [3.8, 4) is 28.7 Å². The fourth-order valence-electron chi connectivity index (χ4n) is 5.45. The molecule has 0 radical (unpaired) electrons. The van der Waals surface area contributed by atoms with E-state index in [1.165, 1.54) is 26.4 Å². The van der Waals surface area contributed by atoms with Crippen molar-refractivity contribution >= 4 is 17.7 Å². The second-order valence-electron chi connectivity index (χ2n) is 9.83. The first-order valence-corrected chi connectivity index (χ1v) is 13.7. The van der Waals surface area contributed by atoms with E-state index in [4.69, 9.17) is 30.5 Å². The van der Waals surface area contributed by atoms with Crippen molar-refractivity contribution in [3.05, 3.63) is 118 Å². The fraction of sp³-hybridized carbons (Fsp3) is 0.212. The summed E-state index contributed by atoms with van der Waals surface area (Å²) in [5.41, 5.74) is 0.105. The van der Waals surface area contributed by atoms with Crippen LogP contribution >= 0.6 is 11.6 Å². The van der Waals surface area contributed by atoms with Gasteiger partial charge in [0.2, 0.25) is 0 Å². The molecule has 0 bridgehead atoms. The van der Waals surface area contributed by atoms with Crippen molar-refractivity contribution in [2.24, 2.45) is 0 Å². The first kappa shape index (κ1) is 29.8. The number of ether oxygens (including phenoxy) is 4. The summed E-state index contributed by atoms with van der Waals surface area (Å²) in [4.78, 5) is 12.3. The molecule has 1 heterocycles. The molecule has 5 rings (SSSR count). The van der Waals surface area contributed by atoms with Crippen LogP contribution in [0, 0.1) is 23.0 Å². The molecule has 0 fully saturated rings. The molecule has 4 aromatic rings. The molecule has 1 N–H and O–H groups in total. The van der Waals surface area contributed by atoms with Gasteiger partial charge in [0.1, 0.15) is 11.6 Å². The van der Waals surface area contributed by atoms with Gasteiger partial charge in [-0.1, -0.05) is 72.3 Å². The highest BCUT2D eigenvalue weighted by molar-refractivity contribution is 6.34. The van der Waals surface area contributed by atoms with Crippen LogP contribution in [0.1, 0.15) is 28.2 Å². The smallest absolute Gasteiger partial charge is 0.407 e. The van der Waals surface area contributed by atoms with E-state index in [-0.39, 0.29) is 47.9 Å². The Bertz CT molecular complexity index is 1680. The number of rotatable bonds is 9. The standard InChI is InChI=1S/C33H27ClF2N2O5/c1-40-25-14-13-21(16-37)27(31(25)36)29-28-23(18-42-17-20-9-5-3-6-10-20)33(19-38-32(39)41-2,22-11-7-4-8-12-22)43-26(28)15-24(35)30(29)34/h3-15,23H,17-19H2,1-2H3,(H,38,39). The van der Waals surface area contributed by atoms with Gasteiger partial charge < -0.3 is 24.3 Å². The lowest BCUT2D eigenvalue weighted by Crippen LogP contribution is -2.47. The van der Waals surface area contributed by atoms with Gasteiger partial charge in [-0.25, -0.2) is 13.6 Å². The molecule has 1 amide bonds. The van der Waals surface area contributed by atoms with Crippen molar-refractivity contribution in [3.63, 3.8) is 0 Å². The monoisotopic (exact) mass is 604 g/mol. The number of benzene rings is 4. The van der Waals surface area contributed by atoms with Crippen LogP contribution in [0.3, 0.4) is 0 Å². The number of alkyl carbamates (subject to hydrolysis) is 1. The molecule has 0 aliphatic carbocycles. The lowest BCUT2D eigenvalue weighted by atomic mass is 9.76. The summed E-state index contributed by atoms with van der Waals surface area (Å²) in [6, 6.07) is 24.3. The second-order valence-corrected chi connectivity index (χ2v) is 10.2. The van der Waals surface area contributed by atoms with Crippen LogP contribution < -0.4 is 14.8 Å². The average Bonchev–Trinajstić information content (AvgIpc) is 3.35. The number of carbonyl (C=O) groups excluding carboxylic acids is 1. The Morgan fingerprint density at radius 3 is 2.40 bits per heavy atom. The molecule has 0 aromatic heterocycles. The van der Waals surface area contributed by atoms with Crippen molar-refractivity contribution < 1.29 is 32.5 Å². The van der Waals surface area contributed by atoms with Gasteiger partial charge in [-0.2, -0.15) is 5.26 Å². The van der Waals surface area contributed by atoms with Gasteiger partial charge in [0.25, 0.3) is 0 Å². The maximum atomic E-state index is 16.0. The van der Waals surface area contributed by atoms with Crippen LogP contribution in [0.4, 0.5) is 13.6 Å². The minimum Gasteiger partial charge on any atom is -0.494 e. The molecule has 43 heavy (non-hydrogen) atoms. The second kappa shape index (κ2) is 12.7. The number of methoxy groups -OCH3 is 2. The fourth-order valence-corrected chi connectivity index (χ4v) is 5.70. The summed E-state index contributed by atoms with van der Waals surface area (Å²) in [5, 5.41) is 12.3. The van der Waals surface area contributed by atoms with Crippen LogP contribution in [0.15, 0.2) is 78.9 Å². The molecule has 10 heteroatoms. The minimum atomic E-state index is -1.37. The molecular formula is C33H27ClF2N2O5. The molecule has 2 atom stereocenters. The van der Waals surface area contributed by atoms with Crippen molar-refractivity contribution in [2.45, 2.75) is 18.1 Å². The Kier molecular flexibility index (Phi) is 8.81. The summed E-state index contributed by atoms with van der Waals surface area (Å²) >= 11 is 6.61. The molecule has 7 nitrogen and oxygen atoms in total. The van der Waals surface area contributed by atoms with Gasteiger partial charge >= 0.3 is 6.09 Å². The molecule has 0 spiro atoms. The Morgan fingerprint density at radius 2 is 1.74 bits per heavy atom. The lowest BCUT2D eigenvalue weighted by Gasteiger charge is -2.35. The number of nitriles is 1. The van der Waals surface area contributed by atoms with E-state index in [9.17, 15) is 10.1 Å². The molecule has 4 aromatic carbocycles. The Labute approximate surface area is 252 Å². The van der Waals surface area contributed by atoms with Crippen LogP contribution in [0.25, 0.3) is 11.1 Å². The van der Waals surface area contributed by atoms with Gasteiger partial charge in [-0.3, -0.25) is 0 Å². The van der Waals surface area contributed by atoms with Gasteiger partial charge in [0.15, 0.2) is 17.2 Å². The minimum absolute atomic E-state index is 0.0118. The van der Waals surface area contributed by atoms with Gasteiger partial charge in [0, 0.05) is 22.8 Å². The maximum Gasteiger partial charge on any atom is 0.407 e. The molecule has 220 valence electrons. The normalized spacial score (nSPS) is 17.0. The van der Waals surface area contributed by atoms with E-state index >= 15 is 8.78 Å². The van der Waals surface area contributed by atoms with Crippen LogP contribution in [-0.4, -0.2) is 33.5 Å². The van der Waals surface area contributed by atoms with E-state index in [0.29, 0.717) is 11.1 Å². The van der Waals surface area contributed by atoms with Crippen LogP contribution in [0.5, 0.6) is 11.5 Å². The highest BCUT2D eigenvalue weighted by atomic mass is 35.5. The molecule has 0 saturated carbocycles. The number of amides is 1. The number of nitrogens with zero attached hydrogens (tertiary/aromatic N) is 1. The number of hydrogen-bond acceptors (Lipinski definition) is 6. The van der Waals surface area contributed by atoms with E-state index < -0.39 is 34.3 Å².